The van der Waals surface area contributed by atoms with E-state index in [4.69, 9.17) is 4.74 Å². The molecule has 1 heterocycles. The second kappa shape index (κ2) is 7.27. The first-order chi connectivity index (χ1) is 10.1. The fourth-order valence-corrected chi connectivity index (χ4v) is 2.32. The van der Waals surface area contributed by atoms with Crippen molar-refractivity contribution in [2.24, 2.45) is 7.05 Å². The summed E-state index contributed by atoms with van der Waals surface area (Å²) in [7, 11) is 1.91. The summed E-state index contributed by atoms with van der Waals surface area (Å²) in [5, 5.41) is 7.69. The lowest BCUT2D eigenvalue weighted by Gasteiger charge is -2.18. The lowest BCUT2D eigenvalue weighted by molar-refractivity contribution is 0.299. The highest BCUT2D eigenvalue weighted by atomic mass is 16.5. The molecule has 0 saturated heterocycles. The Morgan fingerprint density at radius 2 is 2.19 bits per heavy atom. The Hall–Kier alpha value is -1.81. The maximum Gasteiger partial charge on any atom is 0.124 e. The second-order valence-electron chi connectivity index (χ2n) is 5.53. The minimum Gasteiger partial charge on any atom is -0.488 e. The van der Waals surface area contributed by atoms with Crippen LogP contribution in [0.2, 0.25) is 0 Å². The normalized spacial score (nSPS) is 12.4. The Labute approximate surface area is 127 Å². The number of nitrogens with zero attached hydrogens (tertiary/aromatic N) is 2. The monoisotopic (exact) mass is 287 g/mol. The maximum absolute atomic E-state index is 6.00. The summed E-state index contributed by atoms with van der Waals surface area (Å²) in [5.41, 5.74) is 3.55. The van der Waals surface area contributed by atoms with Crippen molar-refractivity contribution in [3.05, 3.63) is 47.3 Å². The minimum atomic E-state index is 0.286. The van der Waals surface area contributed by atoms with Crippen molar-refractivity contribution >= 4 is 0 Å². The number of aryl methyl sites for hydroxylation is 2. The smallest absolute Gasteiger partial charge is 0.124 e. The fourth-order valence-electron chi connectivity index (χ4n) is 2.32. The van der Waals surface area contributed by atoms with E-state index in [1.165, 1.54) is 11.1 Å². The molecule has 1 aromatic heterocycles. The van der Waals surface area contributed by atoms with Crippen molar-refractivity contribution in [2.45, 2.75) is 39.8 Å². The van der Waals surface area contributed by atoms with Crippen molar-refractivity contribution in [1.29, 1.82) is 0 Å². The average molecular weight is 287 g/mol. The molecule has 1 aromatic carbocycles. The standard InChI is InChI=1S/C17H25N3O/c1-5-8-18-14(3)16-9-13(2)6-7-17(16)21-12-15-10-19-20(4)11-15/h6-7,9-11,14,18H,5,8,12H2,1-4H3. The van der Waals surface area contributed by atoms with E-state index in [-0.39, 0.29) is 6.04 Å². The lowest BCUT2D eigenvalue weighted by Crippen LogP contribution is -2.20. The van der Waals surface area contributed by atoms with Crippen LogP contribution < -0.4 is 10.1 Å². The number of aromatic nitrogens is 2. The molecule has 4 nitrogen and oxygen atoms in total. The lowest BCUT2D eigenvalue weighted by atomic mass is 10.0. The van der Waals surface area contributed by atoms with Crippen molar-refractivity contribution in [2.75, 3.05) is 6.54 Å². The molecule has 0 saturated carbocycles. The summed E-state index contributed by atoms with van der Waals surface area (Å²) in [6.45, 7) is 8.03. The van der Waals surface area contributed by atoms with Crippen molar-refractivity contribution in [3.63, 3.8) is 0 Å². The predicted octanol–water partition coefficient (Wildman–Crippen LogP) is 3.37. The largest absolute Gasteiger partial charge is 0.488 e. The number of hydrogen-bond acceptors (Lipinski definition) is 3. The van der Waals surface area contributed by atoms with Gasteiger partial charge in [0.15, 0.2) is 0 Å². The van der Waals surface area contributed by atoms with Gasteiger partial charge in [-0.3, -0.25) is 4.68 Å². The summed E-state index contributed by atoms with van der Waals surface area (Å²) in [6, 6.07) is 6.64. The van der Waals surface area contributed by atoms with Crippen molar-refractivity contribution in [1.82, 2.24) is 15.1 Å². The zero-order valence-electron chi connectivity index (χ0n) is 13.4. The minimum absolute atomic E-state index is 0.286. The summed E-state index contributed by atoms with van der Waals surface area (Å²) >= 11 is 0. The zero-order chi connectivity index (χ0) is 15.2. The van der Waals surface area contributed by atoms with Crippen LogP contribution in [0.3, 0.4) is 0 Å². The Morgan fingerprint density at radius 3 is 2.86 bits per heavy atom. The van der Waals surface area contributed by atoms with Crippen LogP contribution in [0.25, 0.3) is 0 Å². The van der Waals surface area contributed by atoms with E-state index < -0.39 is 0 Å². The molecule has 1 N–H and O–H groups in total. The highest BCUT2D eigenvalue weighted by Gasteiger charge is 2.12. The van der Waals surface area contributed by atoms with E-state index in [1.54, 1.807) is 4.68 Å². The molecular weight excluding hydrogens is 262 g/mol. The van der Waals surface area contributed by atoms with Crippen LogP contribution in [0, 0.1) is 6.92 Å². The van der Waals surface area contributed by atoms with Crippen LogP contribution in [0.5, 0.6) is 5.75 Å². The Bertz CT molecular complexity index is 577. The van der Waals surface area contributed by atoms with Gasteiger partial charge in [-0.05, 0) is 32.9 Å². The molecule has 0 aliphatic rings. The predicted molar refractivity (Wildman–Crippen MR) is 85.4 cm³/mol. The zero-order valence-corrected chi connectivity index (χ0v) is 13.4. The Morgan fingerprint density at radius 1 is 1.38 bits per heavy atom. The van der Waals surface area contributed by atoms with Gasteiger partial charge in [0.1, 0.15) is 12.4 Å². The third-order valence-electron chi connectivity index (χ3n) is 3.49. The third kappa shape index (κ3) is 4.33. The molecule has 21 heavy (non-hydrogen) atoms. The molecule has 0 aliphatic carbocycles. The van der Waals surface area contributed by atoms with Gasteiger partial charge in [0.25, 0.3) is 0 Å². The molecule has 1 atom stereocenters. The molecular formula is C17H25N3O. The number of nitrogens with one attached hydrogen (secondary N) is 1. The van der Waals surface area contributed by atoms with Gasteiger partial charge in [-0.15, -0.1) is 0 Å². The first-order valence-electron chi connectivity index (χ1n) is 7.54. The molecule has 114 valence electrons. The summed E-state index contributed by atoms with van der Waals surface area (Å²) < 4.78 is 7.79. The van der Waals surface area contributed by atoms with E-state index in [2.05, 4.69) is 49.4 Å². The number of rotatable bonds is 7. The van der Waals surface area contributed by atoms with Crippen molar-refractivity contribution < 1.29 is 4.74 Å². The van der Waals surface area contributed by atoms with Gasteiger partial charge in [0, 0.05) is 30.4 Å². The Kier molecular flexibility index (Phi) is 5.39. The highest BCUT2D eigenvalue weighted by Crippen LogP contribution is 2.27. The number of ether oxygens (including phenoxy) is 1. The molecule has 0 radical (unpaired) electrons. The van der Waals surface area contributed by atoms with Gasteiger partial charge in [-0.2, -0.15) is 5.10 Å². The summed E-state index contributed by atoms with van der Waals surface area (Å²) in [4.78, 5) is 0. The van der Waals surface area contributed by atoms with E-state index in [9.17, 15) is 0 Å². The third-order valence-corrected chi connectivity index (χ3v) is 3.49. The molecule has 0 bridgehead atoms. The van der Waals surface area contributed by atoms with Crippen LogP contribution in [0.15, 0.2) is 30.6 Å². The molecule has 1 unspecified atom stereocenters. The van der Waals surface area contributed by atoms with E-state index in [1.807, 2.05) is 19.4 Å². The van der Waals surface area contributed by atoms with Crippen molar-refractivity contribution in [3.8, 4) is 5.75 Å². The van der Waals surface area contributed by atoms with Gasteiger partial charge in [0.05, 0.1) is 6.20 Å². The van der Waals surface area contributed by atoms with E-state index >= 15 is 0 Å². The van der Waals surface area contributed by atoms with E-state index in [0.29, 0.717) is 6.61 Å². The van der Waals surface area contributed by atoms with Crippen LogP contribution in [-0.2, 0) is 13.7 Å². The highest BCUT2D eigenvalue weighted by molar-refractivity contribution is 5.39. The average Bonchev–Trinajstić information content (AvgIpc) is 2.89. The van der Waals surface area contributed by atoms with Crippen LogP contribution in [-0.4, -0.2) is 16.3 Å². The van der Waals surface area contributed by atoms with Gasteiger partial charge in [-0.25, -0.2) is 0 Å². The summed E-state index contributed by atoms with van der Waals surface area (Å²) in [5.74, 6) is 0.945. The van der Waals surface area contributed by atoms with Gasteiger partial charge < -0.3 is 10.1 Å². The summed E-state index contributed by atoms with van der Waals surface area (Å²) in [6.07, 6.45) is 4.95. The fraction of sp³-hybridized carbons (Fsp3) is 0.471. The molecule has 2 rings (SSSR count). The molecule has 0 fully saturated rings. The molecule has 4 heteroatoms. The van der Waals surface area contributed by atoms with Crippen LogP contribution >= 0.6 is 0 Å². The van der Waals surface area contributed by atoms with Crippen LogP contribution in [0.1, 0.15) is 43.0 Å². The first-order valence-corrected chi connectivity index (χ1v) is 7.54. The SMILES string of the molecule is CCCNC(C)c1cc(C)ccc1OCc1cnn(C)c1. The molecule has 0 spiro atoms. The van der Waals surface area contributed by atoms with Gasteiger partial charge in [-0.1, -0.05) is 24.6 Å². The maximum atomic E-state index is 6.00. The number of hydrogen-bond donors (Lipinski definition) is 1. The van der Waals surface area contributed by atoms with Gasteiger partial charge >= 0.3 is 0 Å². The number of benzene rings is 1. The second-order valence-corrected chi connectivity index (χ2v) is 5.53. The van der Waals surface area contributed by atoms with Gasteiger partial charge in [0.2, 0.25) is 0 Å². The quantitative estimate of drug-likeness (QED) is 0.848. The van der Waals surface area contributed by atoms with Crippen LogP contribution in [0.4, 0.5) is 0 Å². The molecule has 2 aromatic rings. The molecule has 0 aliphatic heterocycles. The van der Waals surface area contributed by atoms with E-state index in [0.717, 1.165) is 24.3 Å². The topological polar surface area (TPSA) is 39.1 Å². The molecule has 0 amide bonds. The first kappa shape index (κ1) is 15.6. The Balaban J connectivity index is 2.10.